The SMILES string of the molecule is [2H]C(N)(CC(=O)O)[13C]([2H])([2H])C(=O)O. The van der Waals surface area contributed by atoms with E-state index in [1.807, 2.05) is 0 Å². The molecule has 0 aliphatic rings. The van der Waals surface area contributed by atoms with Crippen molar-refractivity contribution in [2.45, 2.75) is 18.8 Å². The average Bonchev–Trinajstić information content (AvgIpc) is 1.83. The van der Waals surface area contributed by atoms with Crippen LogP contribution in [0.25, 0.3) is 0 Å². The maximum Gasteiger partial charge on any atom is 0.304 e. The Labute approximate surface area is 61.7 Å². The Morgan fingerprint density at radius 1 is 1.60 bits per heavy atom. The Bertz CT molecular complexity index is 240. The number of hydrogen-bond acceptors (Lipinski definition) is 3. The molecule has 4 N–H and O–H groups in total. The molecule has 58 valence electrons. The topological polar surface area (TPSA) is 101 Å². The minimum atomic E-state index is -3.09. The van der Waals surface area contributed by atoms with E-state index in [-0.39, 0.29) is 0 Å². The molecule has 0 fully saturated rings. The highest BCUT2D eigenvalue weighted by Crippen LogP contribution is 1.93. The van der Waals surface area contributed by atoms with Crippen LogP contribution in [0.2, 0.25) is 0 Å². The number of carboxylic acids is 2. The van der Waals surface area contributed by atoms with Gasteiger partial charge < -0.3 is 15.9 Å². The second-order valence-corrected chi connectivity index (χ2v) is 1.53. The van der Waals surface area contributed by atoms with E-state index in [9.17, 15) is 9.59 Å². The van der Waals surface area contributed by atoms with Crippen molar-refractivity contribution in [2.24, 2.45) is 5.73 Å². The zero-order valence-electron chi connectivity index (χ0n) is 8.00. The van der Waals surface area contributed by atoms with E-state index in [4.69, 9.17) is 20.1 Å². The lowest BCUT2D eigenvalue weighted by Gasteiger charge is -2.02. The predicted molar refractivity (Wildman–Crippen MR) is 32.5 cm³/mol. The molecule has 5 nitrogen and oxygen atoms in total. The van der Waals surface area contributed by atoms with Crippen LogP contribution < -0.4 is 5.73 Å². The Kier molecular flexibility index (Phi) is 1.79. The fraction of sp³-hybridized carbons (Fsp3) is 0.600. The van der Waals surface area contributed by atoms with Crippen LogP contribution in [0.1, 0.15) is 16.9 Å². The maximum absolute atomic E-state index is 10.3. The van der Waals surface area contributed by atoms with Crippen molar-refractivity contribution in [1.29, 1.82) is 0 Å². The maximum atomic E-state index is 10.3. The van der Waals surface area contributed by atoms with Gasteiger partial charge in [0, 0.05) is 10.1 Å². The average molecular weight is 151 g/mol. The zero-order valence-corrected chi connectivity index (χ0v) is 5.00. The summed E-state index contributed by atoms with van der Waals surface area (Å²) < 4.78 is 20.8. The van der Waals surface area contributed by atoms with Crippen molar-refractivity contribution < 1.29 is 23.9 Å². The van der Waals surface area contributed by atoms with E-state index in [0.717, 1.165) is 0 Å². The third-order valence-corrected chi connectivity index (χ3v) is 0.609. The van der Waals surface area contributed by atoms with E-state index in [2.05, 4.69) is 0 Å². The molecule has 0 aromatic rings. The van der Waals surface area contributed by atoms with Gasteiger partial charge >= 0.3 is 11.9 Å². The van der Waals surface area contributed by atoms with Gasteiger partial charge in [-0.25, -0.2) is 0 Å². The molecule has 0 aliphatic heterocycles. The van der Waals surface area contributed by atoms with Crippen LogP contribution in [0, 0.1) is 0 Å². The van der Waals surface area contributed by atoms with Crippen molar-refractivity contribution in [3.05, 3.63) is 0 Å². The van der Waals surface area contributed by atoms with Crippen molar-refractivity contribution in [1.82, 2.24) is 0 Å². The summed E-state index contributed by atoms with van der Waals surface area (Å²) in [6.45, 7) is 0. The van der Waals surface area contributed by atoms with Crippen LogP contribution in [0.4, 0.5) is 0 Å². The molecule has 0 spiro atoms. The highest BCUT2D eigenvalue weighted by Gasteiger charge is 2.10. The lowest BCUT2D eigenvalue weighted by molar-refractivity contribution is -0.139. The summed E-state index contributed by atoms with van der Waals surface area (Å²) in [6.07, 6.45) is -4.17. The number of carboxylic acid groups (broad SMARTS) is 2. The van der Waals surface area contributed by atoms with Gasteiger partial charge in [0.2, 0.25) is 0 Å². The molecule has 0 bridgehead atoms. The third kappa shape index (κ3) is 5.04. The summed E-state index contributed by atoms with van der Waals surface area (Å²) in [6, 6.07) is -2.68. The molecule has 0 saturated carbocycles. The Morgan fingerprint density at radius 2 is 2.10 bits per heavy atom. The summed E-state index contributed by atoms with van der Waals surface area (Å²) in [4.78, 5) is 20.4. The largest absolute Gasteiger partial charge is 0.481 e. The highest BCUT2D eigenvalue weighted by atomic mass is 16.4. The summed E-state index contributed by atoms with van der Waals surface area (Å²) in [7, 11) is 0. The molecule has 5 heteroatoms. The van der Waals surface area contributed by atoms with E-state index < -0.39 is 30.8 Å². The van der Waals surface area contributed by atoms with Gasteiger partial charge in [0.1, 0.15) is 0 Å². The van der Waals surface area contributed by atoms with Crippen molar-refractivity contribution >= 4 is 11.9 Å². The smallest absolute Gasteiger partial charge is 0.304 e. The van der Waals surface area contributed by atoms with E-state index >= 15 is 0 Å². The molecule has 0 aliphatic carbocycles. The van der Waals surface area contributed by atoms with Crippen LogP contribution in [0.5, 0.6) is 0 Å². The van der Waals surface area contributed by atoms with E-state index in [0.29, 0.717) is 0 Å². The zero-order chi connectivity index (χ0) is 10.9. The van der Waals surface area contributed by atoms with Gasteiger partial charge in [-0.1, -0.05) is 0 Å². The first kappa shape index (κ1) is 4.68. The fourth-order valence-electron chi connectivity index (χ4n) is 0.344. The highest BCUT2D eigenvalue weighted by molar-refractivity contribution is 5.71. The Hall–Kier alpha value is -1.10. The lowest BCUT2D eigenvalue weighted by Crippen LogP contribution is -2.26. The summed E-state index contributed by atoms with van der Waals surface area (Å²) >= 11 is 0. The van der Waals surface area contributed by atoms with Crippen LogP contribution in [-0.4, -0.2) is 28.2 Å². The molecule has 0 aromatic heterocycles. The van der Waals surface area contributed by atoms with Gasteiger partial charge in [-0.2, -0.15) is 0 Å². The number of aliphatic carboxylic acids is 2. The molecule has 0 aromatic carbocycles. The van der Waals surface area contributed by atoms with E-state index in [1.165, 1.54) is 0 Å². The second kappa shape index (κ2) is 3.84. The minimum absolute atomic E-state index is 1.08. The van der Waals surface area contributed by atoms with Crippen molar-refractivity contribution in [3.63, 3.8) is 0 Å². The second-order valence-electron chi connectivity index (χ2n) is 1.53. The van der Waals surface area contributed by atoms with Gasteiger partial charge in [-0.15, -0.1) is 0 Å². The van der Waals surface area contributed by atoms with Crippen LogP contribution in [0.15, 0.2) is 0 Å². The monoisotopic (exact) mass is 151 g/mol. The molecule has 10 heavy (non-hydrogen) atoms. The number of nitrogens with two attached hydrogens (primary N) is 1. The molecular formula is C5H9NO4. The molecule has 0 radical (unpaired) electrons. The molecule has 0 amide bonds. The van der Waals surface area contributed by atoms with Crippen molar-refractivity contribution in [2.75, 3.05) is 0 Å². The number of hydrogen-bond donors (Lipinski definition) is 3. The first-order chi connectivity index (χ1) is 5.61. The quantitative estimate of drug-likeness (QED) is 0.459. The number of carbonyl (C=O) groups is 2. The van der Waals surface area contributed by atoms with Crippen LogP contribution in [0.3, 0.4) is 0 Å². The van der Waals surface area contributed by atoms with Gasteiger partial charge in [0.15, 0.2) is 0 Å². The Balaban J connectivity index is 4.80. The molecular weight excluding hydrogens is 139 g/mol. The molecule has 0 rings (SSSR count). The van der Waals surface area contributed by atoms with Gasteiger partial charge in [-0.3, -0.25) is 9.59 Å². The molecule has 0 heterocycles. The molecule has 1 unspecified atom stereocenters. The van der Waals surface area contributed by atoms with Gasteiger partial charge in [0.05, 0.1) is 12.8 Å². The first-order valence-corrected chi connectivity index (χ1v) is 2.35. The standard InChI is InChI=1S/C5H9NO4/c6-3(1-4(7)8)2-5(9)10/h3H,1-2,6H2,(H,7,8)(H,9,10)/i1+1D2,3D. The normalized spacial score (nSPS) is 21.5. The molecule has 1 atom stereocenters. The third-order valence-electron chi connectivity index (χ3n) is 0.609. The first-order valence-electron chi connectivity index (χ1n) is 3.85. The summed E-state index contributed by atoms with van der Waals surface area (Å²) in [5, 5.41) is 16.6. The van der Waals surface area contributed by atoms with Crippen LogP contribution in [-0.2, 0) is 9.59 Å². The van der Waals surface area contributed by atoms with Gasteiger partial charge in [0.25, 0.3) is 0 Å². The molecule has 0 saturated heterocycles. The Morgan fingerprint density at radius 3 is 2.40 bits per heavy atom. The summed E-state index contributed by atoms with van der Waals surface area (Å²) in [5.41, 5.74) is 4.93. The van der Waals surface area contributed by atoms with E-state index in [1.54, 1.807) is 0 Å². The fourth-order valence-corrected chi connectivity index (χ4v) is 0.344. The van der Waals surface area contributed by atoms with Gasteiger partial charge in [-0.05, 0) is 0 Å². The number of rotatable bonds is 4. The predicted octanol–water partition coefficient (Wildman–Crippen LogP) is -0.737. The summed E-state index contributed by atoms with van der Waals surface area (Å²) in [5.74, 6) is -3.48. The minimum Gasteiger partial charge on any atom is -0.481 e. The van der Waals surface area contributed by atoms with Crippen LogP contribution >= 0.6 is 0 Å². The lowest BCUT2D eigenvalue weighted by atomic mass is 10.3. The van der Waals surface area contributed by atoms with Crippen molar-refractivity contribution in [3.8, 4) is 0 Å².